The first-order valence-electron chi connectivity index (χ1n) is 7.89. The van der Waals surface area contributed by atoms with Gasteiger partial charge in [0.1, 0.15) is 5.75 Å². The van der Waals surface area contributed by atoms with E-state index >= 15 is 0 Å². The van der Waals surface area contributed by atoms with Crippen molar-refractivity contribution < 1.29 is 4.74 Å². The van der Waals surface area contributed by atoms with Gasteiger partial charge in [-0.3, -0.25) is 4.90 Å². The van der Waals surface area contributed by atoms with Crippen molar-refractivity contribution >= 4 is 0 Å². The molecule has 1 aliphatic carbocycles. The van der Waals surface area contributed by atoms with E-state index in [0.717, 1.165) is 24.9 Å². The fourth-order valence-corrected chi connectivity index (χ4v) is 3.06. The number of ether oxygens (including phenoxy) is 1. The second kappa shape index (κ2) is 6.15. The molecule has 0 radical (unpaired) electrons. The predicted molar refractivity (Wildman–Crippen MR) is 82.0 cm³/mol. The Morgan fingerprint density at radius 1 is 1.30 bits per heavy atom. The van der Waals surface area contributed by atoms with Crippen LogP contribution < -0.4 is 10.1 Å². The minimum absolute atomic E-state index is 0.702. The molecule has 20 heavy (non-hydrogen) atoms. The van der Waals surface area contributed by atoms with Crippen molar-refractivity contribution in [3.05, 3.63) is 29.3 Å². The minimum atomic E-state index is 0.702. The summed E-state index contributed by atoms with van der Waals surface area (Å²) in [6.45, 7) is 5.55. The van der Waals surface area contributed by atoms with E-state index in [1.165, 1.54) is 43.4 Å². The highest BCUT2D eigenvalue weighted by Gasteiger charge is 2.22. The van der Waals surface area contributed by atoms with Crippen molar-refractivity contribution in [2.24, 2.45) is 0 Å². The molecule has 1 aromatic rings. The van der Waals surface area contributed by atoms with Crippen LogP contribution in [-0.4, -0.2) is 30.6 Å². The Morgan fingerprint density at radius 2 is 2.15 bits per heavy atom. The fraction of sp³-hybridized carbons (Fsp3) is 0.647. The highest BCUT2D eigenvalue weighted by Crippen LogP contribution is 2.26. The molecular weight excluding hydrogens is 248 g/mol. The van der Waals surface area contributed by atoms with Gasteiger partial charge in [-0.05, 0) is 56.8 Å². The average molecular weight is 274 g/mol. The Kier molecular flexibility index (Phi) is 4.27. The lowest BCUT2D eigenvalue weighted by molar-refractivity contribution is 0.256. The van der Waals surface area contributed by atoms with E-state index in [9.17, 15) is 0 Å². The van der Waals surface area contributed by atoms with Crippen LogP contribution in [0.25, 0.3) is 0 Å². The van der Waals surface area contributed by atoms with Crippen LogP contribution in [0.15, 0.2) is 18.2 Å². The third kappa shape index (κ3) is 3.33. The summed E-state index contributed by atoms with van der Waals surface area (Å²) in [6, 6.07) is 8.09. The molecule has 1 heterocycles. The first-order chi connectivity index (χ1) is 9.76. The molecule has 2 fully saturated rings. The zero-order chi connectivity index (χ0) is 13.9. The van der Waals surface area contributed by atoms with Crippen LogP contribution in [0.2, 0.25) is 0 Å². The molecule has 1 saturated heterocycles. The standard InChI is InChI=1S/C17H26N2O/c1-13-4-3-9-19(13)12-15-10-14(5-8-17(15)20-2)11-18-16-6-7-16/h5,8,10,13,16,18H,3-4,6-7,9,11-12H2,1-2H3. The first-order valence-corrected chi connectivity index (χ1v) is 7.89. The normalized spacial score (nSPS) is 23.2. The van der Waals surface area contributed by atoms with Crippen LogP contribution >= 0.6 is 0 Å². The van der Waals surface area contributed by atoms with Crippen molar-refractivity contribution in [1.82, 2.24) is 10.2 Å². The lowest BCUT2D eigenvalue weighted by atomic mass is 10.1. The summed E-state index contributed by atoms with van der Waals surface area (Å²) in [6.07, 6.45) is 5.33. The Labute approximate surface area is 122 Å². The number of hydrogen-bond donors (Lipinski definition) is 1. The molecule has 1 unspecified atom stereocenters. The zero-order valence-corrected chi connectivity index (χ0v) is 12.7. The topological polar surface area (TPSA) is 24.5 Å². The zero-order valence-electron chi connectivity index (χ0n) is 12.7. The maximum Gasteiger partial charge on any atom is 0.123 e. The minimum Gasteiger partial charge on any atom is -0.496 e. The SMILES string of the molecule is COc1ccc(CNC2CC2)cc1CN1CCCC1C. The van der Waals surface area contributed by atoms with Gasteiger partial charge in [0.05, 0.1) is 7.11 Å². The molecule has 0 bridgehead atoms. The summed E-state index contributed by atoms with van der Waals surface area (Å²) in [5.41, 5.74) is 2.70. The number of hydrogen-bond acceptors (Lipinski definition) is 3. The third-order valence-corrected chi connectivity index (χ3v) is 4.58. The van der Waals surface area contributed by atoms with Crippen LogP contribution in [0.5, 0.6) is 5.75 Å². The van der Waals surface area contributed by atoms with Crippen molar-refractivity contribution in [3.63, 3.8) is 0 Å². The van der Waals surface area contributed by atoms with Gasteiger partial charge in [-0.15, -0.1) is 0 Å². The van der Waals surface area contributed by atoms with Gasteiger partial charge in [-0.1, -0.05) is 6.07 Å². The van der Waals surface area contributed by atoms with Crippen molar-refractivity contribution in [2.75, 3.05) is 13.7 Å². The second-order valence-corrected chi connectivity index (χ2v) is 6.26. The maximum atomic E-state index is 5.54. The Bertz CT molecular complexity index is 456. The Morgan fingerprint density at radius 3 is 2.80 bits per heavy atom. The van der Waals surface area contributed by atoms with Gasteiger partial charge < -0.3 is 10.1 Å². The molecule has 1 saturated carbocycles. The molecule has 110 valence electrons. The summed E-state index contributed by atoms with van der Waals surface area (Å²) in [4.78, 5) is 2.57. The highest BCUT2D eigenvalue weighted by atomic mass is 16.5. The molecule has 1 N–H and O–H groups in total. The Hall–Kier alpha value is -1.06. The fourth-order valence-electron chi connectivity index (χ4n) is 3.06. The van der Waals surface area contributed by atoms with Gasteiger partial charge >= 0.3 is 0 Å². The van der Waals surface area contributed by atoms with E-state index in [0.29, 0.717) is 6.04 Å². The molecule has 0 spiro atoms. The lowest BCUT2D eigenvalue weighted by Gasteiger charge is -2.22. The third-order valence-electron chi connectivity index (χ3n) is 4.58. The van der Waals surface area contributed by atoms with Crippen molar-refractivity contribution in [2.45, 2.75) is 57.8 Å². The molecule has 1 aliphatic heterocycles. The summed E-state index contributed by atoms with van der Waals surface area (Å²) in [5.74, 6) is 1.03. The number of benzene rings is 1. The van der Waals surface area contributed by atoms with Gasteiger partial charge in [0, 0.05) is 30.7 Å². The van der Waals surface area contributed by atoms with Crippen LogP contribution in [0.4, 0.5) is 0 Å². The average Bonchev–Trinajstić information content (AvgIpc) is 3.21. The van der Waals surface area contributed by atoms with Crippen LogP contribution in [0.3, 0.4) is 0 Å². The molecular formula is C17H26N2O. The number of methoxy groups -OCH3 is 1. The van der Waals surface area contributed by atoms with E-state index < -0.39 is 0 Å². The van der Waals surface area contributed by atoms with E-state index in [-0.39, 0.29) is 0 Å². The largest absolute Gasteiger partial charge is 0.496 e. The van der Waals surface area contributed by atoms with Crippen molar-refractivity contribution in [1.29, 1.82) is 0 Å². The van der Waals surface area contributed by atoms with E-state index in [1.54, 1.807) is 7.11 Å². The van der Waals surface area contributed by atoms with Crippen molar-refractivity contribution in [3.8, 4) is 5.75 Å². The number of nitrogens with zero attached hydrogens (tertiary/aromatic N) is 1. The smallest absolute Gasteiger partial charge is 0.123 e. The lowest BCUT2D eigenvalue weighted by Crippen LogP contribution is -2.26. The predicted octanol–water partition coefficient (Wildman–Crippen LogP) is 2.93. The maximum absolute atomic E-state index is 5.54. The quantitative estimate of drug-likeness (QED) is 0.863. The Balaban J connectivity index is 1.69. The molecule has 2 aliphatic rings. The summed E-state index contributed by atoms with van der Waals surface area (Å²) in [7, 11) is 1.77. The molecule has 0 amide bonds. The number of likely N-dealkylation sites (tertiary alicyclic amines) is 1. The highest BCUT2D eigenvalue weighted by molar-refractivity contribution is 5.37. The van der Waals surface area contributed by atoms with Gasteiger partial charge in [0.15, 0.2) is 0 Å². The molecule has 0 aromatic heterocycles. The van der Waals surface area contributed by atoms with E-state index in [1.807, 2.05) is 0 Å². The van der Waals surface area contributed by atoms with Gasteiger partial charge in [0.25, 0.3) is 0 Å². The van der Waals surface area contributed by atoms with Crippen LogP contribution in [0, 0.1) is 0 Å². The molecule has 3 heteroatoms. The molecule has 1 aromatic carbocycles. The van der Waals surface area contributed by atoms with Gasteiger partial charge in [-0.2, -0.15) is 0 Å². The monoisotopic (exact) mass is 274 g/mol. The summed E-state index contributed by atoms with van der Waals surface area (Å²) in [5, 5.41) is 3.59. The second-order valence-electron chi connectivity index (χ2n) is 6.26. The van der Waals surface area contributed by atoms with E-state index in [2.05, 4.69) is 35.3 Å². The molecule has 3 nitrogen and oxygen atoms in total. The molecule has 1 atom stereocenters. The number of rotatable bonds is 6. The van der Waals surface area contributed by atoms with E-state index in [4.69, 9.17) is 4.74 Å². The number of nitrogens with one attached hydrogen (secondary N) is 1. The summed E-state index contributed by atoms with van der Waals surface area (Å²) < 4.78 is 5.54. The van der Waals surface area contributed by atoms with Crippen LogP contribution in [0.1, 0.15) is 43.7 Å². The summed E-state index contributed by atoms with van der Waals surface area (Å²) >= 11 is 0. The molecule has 3 rings (SSSR count). The van der Waals surface area contributed by atoms with Gasteiger partial charge in [0.2, 0.25) is 0 Å². The van der Waals surface area contributed by atoms with Crippen LogP contribution in [-0.2, 0) is 13.1 Å². The van der Waals surface area contributed by atoms with Gasteiger partial charge in [-0.25, -0.2) is 0 Å². The first kappa shape index (κ1) is 13.9.